The molecule has 2 N–H and O–H groups in total. The van der Waals surface area contributed by atoms with Crippen molar-refractivity contribution in [2.24, 2.45) is 4.99 Å². The van der Waals surface area contributed by atoms with Gasteiger partial charge in [0.1, 0.15) is 17.7 Å². The molecule has 0 fully saturated rings. The summed E-state index contributed by atoms with van der Waals surface area (Å²) in [6.07, 6.45) is 2.65. The molecule has 0 amide bonds. The Morgan fingerprint density at radius 1 is 1.23 bits per heavy atom. The third-order valence-electron chi connectivity index (χ3n) is 2.85. The Bertz CT molecular complexity index is 1040. The molecular formula is C14H8BrN3O3S. The molecule has 0 atom stereocenters. The minimum atomic E-state index is -0.369. The maximum absolute atomic E-state index is 12.3. The quantitative estimate of drug-likeness (QED) is 0.530. The number of aliphatic imine (C=N–C) groups is 1. The van der Waals surface area contributed by atoms with Gasteiger partial charge in [0, 0.05) is 16.8 Å². The molecule has 2 heterocycles. The van der Waals surface area contributed by atoms with Gasteiger partial charge in [-0.1, -0.05) is 15.9 Å². The fraction of sp³-hybridized carbons (Fsp3) is 0. The largest absolute Gasteiger partial charge is 0.463 e. The smallest absolute Gasteiger partial charge is 0.253 e. The predicted octanol–water partition coefficient (Wildman–Crippen LogP) is 3.05. The lowest BCUT2D eigenvalue weighted by atomic mass is 10.2. The molecule has 0 aliphatic heterocycles. The van der Waals surface area contributed by atoms with E-state index in [2.05, 4.69) is 30.9 Å². The summed E-state index contributed by atoms with van der Waals surface area (Å²) in [7, 11) is 0. The third-order valence-corrected chi connectivity index (χ3v) is 3.55. The van der Waals surface area contributed by atoms with E-state index in [9.17, 15) is 9.59 Å². The first kappa shape index (κ1) is 14.6. The van der Waals surface area contributed by atoms with Crippen LogP contribution in [0.1, 0.15) is 5.56 Å². The second-order valence-electron chi connectivity index (χ2n) is 4.39. The Labute approximate surface area is 136 Å². The van der Waals surface area contributed by atoms with Crippen molar-refractivity contribution >= 4 is 51.1 Å². The SMILES string of the molecule is O=c1cc(N=Cc2coc3cc(Br)ccc3c2=O)[nH]c(=S)[nH]1. The number of aromatic amines is 2. The van der Waals surface area contributed by atoms with Gasteiger partial charge in [0.15, 0.2) is 4.77 Å². The summed E-state index contributed by atoms with van der Waals surface area (Å²) in [5, 5.41) is 0.450. The molecule has 0 aliphatic rings. The van der Waals surface area contributed by atoms with E-state index >= 15 is 0 Å². The first-order chi connectivity index (χ1) is 10.5. The van der Waals surface area contributed by atoms with Crippen LogP contribution in [-0.2, 0) is 0 Å². The number of benzene rings is 1. The molecule has 0 bridgehead atoms. The van der Waals surface area contributed by atoms with Crippen LogP contribution in [-0.4, -0.2) is 16.2 Å². The van der Waals surface area contributed by atoms with Crippen LogP contribution in [0.15, 0.2) is 54.0 Å². The van der Waals surface area contributed by atoms with Crippen LogP contribution in [0.25, 0.3) is 11.0 Å². The summed E-state index contributed by atoms with van der Waals surface area (Å²) in [5.41, 5.74) is 0.175. The lowest BCUT2D eigenvalue weighted by molar-refractivity contribution is 0.601. The average Bonchev–Trinajstić information content (AvgIpc) is 2.45. The molecule has 22 heavy (non-hydrogen) atoms. The number of rotatable bonds is 2. The summed E-state index contributed by atoms with van der Waals surface area (Å²) in [4.78, 5) is 32.8. The second kappa shape index (κ2) is 5.82. The van der Waals surface area contributed by atoms with Crippen LogP contribution in [0.3, 0.4) is 0 Å². The van der Waals surface area contributed by atoms with E-state index in [-0.39, 0.29) is 27.1 Å². The Balaban J connectivity index is 2.07. The van der Waals surface area contributed by atoms with Gasteiger partial charge in [0.25, 0.3) is 5.56 Å². The normalized spacial score (nSPS) is 11.3. The van der Waals surface area contributed by atoms with Gasteiger partial charge in [-0.05, 0) is 30.4 Å². The number of nitrogens with zero attached hydrogens (tertiary/aromatic N) is 1. The van der Waals surface area contributed by atoms with Crippen molar-refractivity contribution in [2.75, 3.05) is 0 Å². The molecule has 3 aromatic rings. The number of hydrogen-bond donors (Lipinski definition) is 2. The van der Waals surface area contributed by atoms with E-state index < -0.39 is 0 Å². The fourth-order valence-electron chi connectivity index (χ4n) is 1.87. The fourth-order valence-corrected chi connectivity index (χ4v) is 2.42. The predicted molar refractivity (Wildman–Crippen MR) is 89.7 cm³/mol. The zero-order chi connectivity index (χ0) is 15.7. The van der Waals surface area contributed by atoms with Crippen LogP contribution >= 0.6 is 28.1 Å². The van der Waals surface area contributed by atoms with E-state index in [1.54, 1.807) is 18.2 Å². The summed E-state index contributed by atoms with van der Waals surface area (Å²) < 4.78 is 6.40. The third kappa shape index (κ3) is 2.97. The number of fused-ring (bicyclic) bond motifs is 1. The Hall–Kier alpha value is -2.32. The van der Waals surface area contributed by atoms with Crippen LogP contribution in [0.5, 0.6) is 0 Å². The van der Waals surface area contributed by atoms with Gasteiger partial charge in [0.2, 0.25) is 5.43 Å². The van der Waals surface area contributed by atoms with Crippen LogP contribution < -0.4 is 11.0 Å². The van der Waals surface area contributed by atoms with Gasteiger partial charge in [-0.15, -0.1) is 0 Å². The van der Waals surface area contributed by atoms with Crippen molar-refractivity contribution in [3.63, 3.8) is 0 Å². The summed E-state index contributed by atoms with van der Waals surface area (Å²) >= 11 is 8.16. The molecule has 8 heteroatoms. The minimum Gasteiger partial charge on any atom is -0.463 e. The molecule has 110 valence electrons. The first-order valence-electron chi connectivity index (χ1n) is 6.12. The average molecular weight is 378 g/mol. The van der Waals surface area contributed by atoms with E-state index in [4.69, 9.17) is 16.6 Å². The number of nitrogens with one attached hydrogen (secondary N) is 2. The standard InChI is InChI=1S/C14H8BrN3O3S/c15-8-1-2-9-10(3-8)21-6-7(13(9)20)5-16-11-4-12(19)18-14(22)17-11/h1-6H,(H2,17,18,19,22). The highest BCUT2D eigenvalue weighted by Crippen LogP contribution is 2.17. The molecule has 2 aromatic heterocycles. The van der Waals surface area contributed by atoms with E-state index in [1.165, 1.54) is 18.5 Å². The number of aromatic nitrogens is 2. The maximum Gasteiger partial charge on any atom is 0.253 e. The van der Waals surface area contributed by atoms with Crippen molar-refractivity contribution in [1.29, 1.82) is 0 Å². The molecule has 0 saturated carbocycles. The molecule has 0 unspecified atom stereocenters. The van der Waals surface area contributed by atoms with Gasteiger partial charge in [-0.3, -0.25) is 14.6 Å². The molecular weight excluding hydrogens is 370 g/mol. The van der Waals surface area contributed by atoms with Crippen molar-refractivity contribution < 1.29 is 4.42 Å². The second-order valence-corrected chi connectivity index (χ2v) is 5.72. The minimum absolute atomic E-state index is 0.162. The number of hydrogen-bond acceptors (Lipinski definition) is 5. The van der Waals surface area contributed by atoms with E-state index in [0.29, 0.717) is 11.0 Å². The van der Waals surface area contributed by atoms with Gasteiger partial charge in [-0.25, -0.2) is 4.99 Å². The van der Waals surface area contributed by atoms with Crippen molar-refractivity contribution in [3.8, 4) is 0 Å². The maximum atomic E-state index is 12.3. The summed E-state index contributed by atoms with van der Waals surface area (Å²) in [6.45, 7) is 0. The van der Waals surface area contributed by atoms with Crippen molar-refractivity contribution in [1.82, 2.24) is 9.97 Å². The van der Waals surface area contributed by atoms with Gasteiger partial charge in [-0.2, -0.15) is 0 Å². The Morgan fingerprint density at radius 2 is 2.05 bits per heavy atom. The van der Waals surface area contributed by atoms with E-state index in [1.807, 2.05) is 0 Å². The summed E-state index contributed by atoms with van der Waals surface area (Å²) in [5.74, 6) is 0.254. The molecule has 0 aliphatic carbocycles. The van der Waals surface area contributed by atoms with Gasteiger partial charge >= 0.3 is 0 Å². The lowest BCUT2D eigenvalue weighted by Crippen LogP contribution is -2.08. The molecule has 0 radical (unpaired) electrons. The summed E-state index contributed by atoms with van der Waals surface area (Å²) in [6, 6.07) is 6.38. The van der Waals surface area contributed by atoms with Gasteiger partial charge in [0.05, 0.1) is 10.9 Å². The monoisotopic (exact) mass is 377 g/mol. The first-order valence-corrected chi connectivity index (χ1v) is 7.32. The molecule has 3 rings (SSSR count). The van der Waals surface area contributed by atoms with Gasteiger partial charge < -0.3 is 9.40 Å². The topological polar surface area (TPSA) is 91.2 Å². The highest BCUT2D eigenvalue weighted by atomic mass is 79.9. The molecule has 1 aromatic carbocycles. The van der Waals surface area contributed by atoms with E-state index in [0.717, 1.165) is 4.47 Å². The Morgan fingerprint density at radius 3 is 2.82 bits per heavy atom. The lowest BCUT2D eigenvalue weighted by Gasteiger charge is -1.99. The van der Waals surface area contributed by atoms with Crippen molar-refractivity contribution in [2.45, 2.75) is 0 Å². The number of halogens is 1. The zero-order valence-corrected chi connectivity index (χ0v) is 13.3. The zero-order valence-electron chi connectivity index (χ0n) is 10.9. The Kier molecular flexibility index (Phi) is 3.86. The molecule has 0 saturated heterocycles. The number of H-pyrrole nitrogens is 2. The highest BCUT2D eigenvalue weighted by molar-refractivity contribution is 9.10. The van der Waals surface area contributed by atoms with Crippen LogP contribution in [0, 0.1) is 4.77 Å². The van der Waals surface area contributed by atoms with Crippen LogP contribution in [0.4, 0.5) is 5.82 Å². The molecule has 6 nitrogen and oxygen atoms in total. The molecule has 0 spiro atoms. The highest BCUT2D eigenvalue weighted by Gasteiger charge is 2.05. The van der Waals surface area contributed by atoms with Crippen LogP contribution in [0.2, 0.25) is 0 Å². The van der Waals surface area contributed by atoms with Crippen molar-refractivity contribution in [3.05, 3.63) is 65.9 Å².